The summed E-state index contributed by atoms with van der Waals surface area (Å²) in [6.45, 7) is 0. The largest absolute Gasteiger partial charge is 0.478 e. The van der Waals surface area contributed by atoms with Gasteiger partial charge in [0.25, 0.3) is 5.56 Å². The Bertz CT molecular complexity index is 739. The lowest BCUT2D eigenvalue weighted by Gasteiger charge is -2.05. The molecule has 2 rings (SSSR count). The van der Waals surface area contributed by atoms with Crippen LogP contribution in [0.15, 0.2) is 35.4 Å². The van der Waals surface area contributed by atoms with E-state index in [9.17, 15) is 19.7 Å². The maximum absolute atomic E-state index is 11.1. The fraction of sp³-hybridized carbons (Fsp3) is 0. The third-order valence-corrected chi connectivity index (χ3v) is 2.27. The van der Waals surface area contributed by atoms with Gasteiger partial charge in [-0.3, -0.25) is 14.9 Å². The molecule has 0 fully saturated rings. The zero-order valence-corrected chi connectivity index (χ0v) is 9.77. The Labute approximate surface area is 110 Å². The molecular formula is C11H7N3O6. The molecule has 2 aromatic rings. The van der Waals surface area contributed by atoms with Gasteiger partial charge in [-0.15, -0.1) is 0 Å². The van der Waals surface area contributed by atoms with Gasteiger partial charge < -0.3 is 14.8 Å². The number of hydrogen-bond donors (Lipinski definition) is 2. The fourth-order valence-corrected chi connectivity index (χ4v) is 1.40. The van der Waals surface area contributed by atoms with Crippen LogP contribution in [0.4, 0.5) is 5.69 Å². The van der Waals surface area contributed by atoms with E-state index in [1.54, 1.807) is 0 Å². The first kappa shape index (κ1) is 13.2. The molecule has 0 aliphatic rings. The minimum Gasteiger partial charge on any atom is -0.478 e. The third kappa shape index (κ3) is 2.77. The van der Waals surface area contributed by atoms with E-state index in [2.05, 4.69) is 9.97 Å². The van der Waals surface area contributed by atoms with Gasteiger partial charge in [0.1, 0.15) is 0 Å². The van der Waals surface area contributed by atoms with E-state index in [1.165, 1.54) is 0 Å². The Morgan fingerprint density at radius 1 is 1.40 bits per heavy atom. The quantitative estimate of drug-likeness (QED) is 0.632. The predicted molar refractivity (Wildman–Crippen MR) is 65.0 cm³/mol. The smallest absolute Gasteiger partial charge is 0.335 e. The Kier molecular flexibility index (Phi) is 3.42. The fourth-order valence-electron chi connectivity index (χ4n) is 1.40. The number of carboxylic acid groups (broad SMARTS) is 1. The zero-order valence-electron chi connectivity index (χ0n) is 9.77. The highest BCUT2D eigenvalue weighted by atomic mass is 16.6. The molecule has 102 valence electrons. The topological polar surface area (TPSA) is 135 Å². The van der Waals surface area contributed by atoms with Crippen LogP contribution >= 0.6 is 0 Å². The number of nitro benzene ring substituents is 1. The monoisotopic (exact) mass is 277 g/mol. The molecule has 0 aliphatic carbocycles. The molecule has 0 saturated carbocycles. The number of benzene rings is 1. The van der Waals surface area contributed by atoms with E-state index < -0.39 is 22.1 Å². The SMILES string of the molecule is O=C(O)c1ccc([N+](=O)[O-])c(Oc2cc(=O)[nH]cn2)c1. The Hall–Kier alpha value is -3.23. The number of nitrogens with one attached hydrogen (secondary N) is 1. The summed E-state index contributed by atoms with van der Waals surface area (Å²) in [5.41, 5.74) is -1.13. The molecule has 1 heterocycles. The number of hydrogen-bond acceptors (Lipinski definition) is 6. The lowest BCUT2D eigenvalue weighted by atomic mass is 10.2. The molecule has 0 spiro atoms. The lowest BCUT2D eigenvalue weighted by Crippen LogP contribution is -2.05. The molecule has 0 bridgehead atoms. The Balaban J connectivity index is 2.47. The summed E-state index contributed by atoms with van der Waals surface area (Å²) in [5.74, 6) is -1.75. The highest BCUT2D eigenvalue weighted by Gasteiger charge is 2.19. The van der Waals surface area contributed by atoms with Gasteiger partial charge in [0.15, 0.2) is 0 Å². The molecule has 9 nitrogen and oxygen atoms in total. The van der Waals surface area contributed by atoms with Gasteiger partial charge in [-0.25, -0.2) is 9.78 Å². The predicted octanol–water partition coefficient (Wildman–Crippen LogP) is 1.17. The van der Waals surface area contributed by atoms with Crippen molar-refractivity contribution in [1.29, 1.82) is 0 Å². The molecule has 0 saturated heterocycles. The second-order valence-electron chi connectivity index (χ2n) is 3.60. The first-order valence-corrected chi connectivity index (χ1v) is 5.21. The van der Waals surface area contributed by atoms with Crippen LogP contribution < -0.4 is 10.3 Å². The second kappa shape index (κ2) is 5.18. The molecule has 20 heavy (non-hydrogen) atoms. The number of aromatic nitrogens is 2. The number of carbonyl (C=O) groups is 1. The van der Waals surface area contributed by atoms with Crippen molar-refractivity contribution < 1.29 is 19.6 Å². The zero-order chi connectivity index (χ0) is 14.7. The molecule has 0 amide bonds. The van der Waals surface area contributed by atoms with Crippen molar-refractivity contribution in [2.75, 3.05) is 0 Å². The normalized spacial score (nSPS) is 10.0. The lowest BCUT2D eigenvalue weighted by molar-refractivity contribution is -0.385. The van der Waals surface area contributed by atoms with E-state index in [-0.39, 0.29) is 17.2 Å². The number of nitro groups is 1. The maximum atomic E-state index is 11.1. The molecule has 1 aromatic heterocycles. The van der Waals surface area contributed by atoms with Crippen LogP contribution in [0.25, 0.3) is 0 Å². The van der Waals surface area contributed by atoms with E-state index in [0.29, 0.717) is 0 Å². The number of aromatic amines is 1. The van der Waals surface area contributed by atoms with Gasteiger partial charge in [-0.05, 0) is 6.07 Å². The van der Waals surface area contributed by atoms with Crippen LogP contribution in [0.5, 0.6) is 11.6 Å². The number of carboxylic acids is 1. The first-order chi connectivity index (χ1) is 9.47. The Morgan fingerprint density at radius 2 is 2.15 bits per heavy atom. The average Bonchev–Trinajstić information content (AvgIpc) is 2.38. The second-order valence-corrected chi connectivity index (χ2v) is 3.60. The number of ether oxygens (including phenoxy) is 1. The maximum Gasteiger partial charge on any atom is 0.335 e. The van der Waals surface area contributed by atoms with Crippen molar-refractivity contribution in [3.05, 3.63) is 56.6 Å². The van der Waals surface area contributed by atoms with E-state index in [0.717, 1.165) is 30.6 Å². The van der Waals surface area contributed by atoms with Crippen LogP contribution in [0.2, 0.25) is 0 Å². The van der Waals surface area contributed by atoms with Crippen LogP contribution in [-0.2, 0) is 0 Å². The molecule has 0 aliphatic heterocycles. The summed E-state index contributed by atoms with van der Waals surface area (Å²) >= 11 is 0. The summed E-state index contributed by atoms with van der Waals surface area (Å²) in [7, 11) is 0. The van der Waals surface area contributed by atoms with Crippen LogP contribution in [0.1, 0.15) is 10.4 Å². The number of H-pyrrole nitrogens is 1. The van der Waals surface area contributed by atoms with Gasteiger partial charge in [0.05, 0.1) is 22.9 Å². The van der Waals surface area contributed by atoms with Crippen molar-refractivity contribution >= 4 is 11.7 Å². The molecule has 0 atom stereocenters. The highest BCUT2D eigenvalue weighted by Crippen LogP contribution is 2.31. The van der Waals surface area contributed by atoms with Crippen LogP contribution in [-0.4, -0.2) is 26.0 Å². The van der Waals surface area contributed by atoms with Gasteiger partial charge in [0, 0.05) is 12.1 Å². The average molecular weight is 277 g/mol. The van der Waals surface area contributed by atoms with Gasteiger partial charge >= 0.3 is 11.7 Å². The first-order valence-electron chi connectivity index (χ1n) is 5.21. The summed E-state index contributed by atoms with van der Waals surface area (Å²) in [4.78, 5) is 37.9. The number of aromatic carboxylic acids is 1. The van der Waals surface area contributed by atoms with Crippen molar-refractivity contribution in [2.45, 2.75) is 0 Å². The van der Waals surface area contributed by atoms with Crippen molar-refractivity contribution in [1.82, 2.24) is 9.97 Å². The number of nitrogens with zero attached hydrogens (tertiary/aromatic N) is 2. The molecule has 2 N–H and O–H groups in total. The van der Waals surface area contributed by atoms with Crippen molar-refractivity contribution in [2.24, 2.45) is 0 Å². The molecule has 0 radical (unpaired) electrons. The number of rotatable bonds is 4. The summed E-state index contributed by atoms with van der Waals surface area (Å²) in [6.07, 6.45) is 1.06. The van der Waals surface area contributed by atoms with E-state index in [4.69, 9.17) is 9.84 Å². The van der Waals surface area contributed by atoms with Gasteiger partial charge in [-0.1, -0.05) is 0 Å². The minimum atomic E-state index is -1.26. The molecule has 1 aromatic carbocycles. The molecular weight excluding hydrogens is 270 g/mol. The Morgan fingerprint density at radius 3 is 2.75 bits per heavy atom. The van der Waals surface area contributed by atoms with E-state index in [1.807, 2.05) is 0 Å². The van der Waals surface area contributed by atoms with Crippen molar-refractivity contribution in [3.63, 3.8) is 0 Å². The summed E-state index contributed by atoms with van der Waals surface area (Å²) in [5, 5.41) is 19.7. The minimum absolute atomic E-state index is 0.181. The van der Waals surface area contributed by atoms with Crippen LogP contribution in [0, 0.1) is 10.1 Å². The van der Waals surface area contributed by atoms with E-state index >= 15 is 0 Å². The molecule has 9 heteroatoms. The van der Waals surface area contributed by atoms with Gasteiger partial charge in [-0.2, -0.15) is 0 Å². The molecule has 0 unspecified atom stereocenters. The van der Waals surface area contributed by atoms with Gasteiger partial charge in [0.2, 0.25) is 11.6 Å². The highest BCUT2D eigenvalue weighted by molar-refractivity contribution is 5.88. The van der Waals surface area contributed by atoms with Crippen molar-refractivity contribution in [3.8, 4) is 11.6 Å². The summed E-state index contributed by atoms with van der Waals surface area (Å²) < 4.78 is 5.11. The third-order valence-electron chi connectivity index (χ3n) is 2.27. The summed E-state index contributed by atoms with van der Waals surface area (Å²) in [6, 6.07) is 4.06. The van der Waals surface area contributed by atoms with Crippen LogP contribution in [0.3, 0.4) is 0 Å². The standard InChI is InChI=1S/C11H7N3O6/c15-9-4-10(13-5-12-9)20-8-3-6(11(16)17)1-2-7(8)14(18)19/h1-5H,(H,16,17)(H,12,13,15).